The second-order valence-electron chi connectivity index (χ2n) is 4.11. The van der Waals surface area contributed by atoms with Crippen LogP contribution in [0.4, 0.5) is 0 Å². The van der Waals surface area contributed by atoms with Crippen molar-refractivity contribution < 1.29 is 24.2 Å². The van der Waals surface area contributed by atoms with Crippen molar-refractivity contribution in [1.29, 1.82) is 0 Å². The molecule has 1 rings (SSSR count). The molecule has 0 radical (unpaired) electrons. The van der Waals surface area contributed by atoms with E-state index in [0.29, 0.717) is 0 Å². The van der Waals surface area contributed by atoms with Crippen LogP contribution >= 0.6 is 0 Å². The average Bonchev–Trinajstić information content (AvgIpc) is 2.33. The molecule has 0 aliphatic heterocycles. The molecule has 0 heterocycles. The summed E-state index contributed by atoms with van der Waals surface area (Å²) >= 11 is 1.49. The van der Waals surface area contributed by atoms with Gasteiger partial charge in [0.2, 0.25) is 0 Å². The molecule has 0 unspecified atom stereocenters. The van der Waals surface area contributed by atoms with Crippen LogP contribution in [-0.4, -0.2) is 11.8 Å². The van der Waals surface area contributed by atoms with Crippen molar-refractivity contribution in [3.8, 4) is 0 Å². The van der Waals surface area contributed by atoms with Crippen LogP contribution in [0.1, 0.15) is 26.3 Å². The van der Waals surface area contributed by atoms with E-state index in [1.807, 2.05) is 0 Å². The summed E-state index contributed by atoms with van der Waals surface area (Å²) < 4.78 is 2.25. The minimum atomic E-state index is -1.14. The van der Waals surface area contributed by atoms with Gasteiger partial charge in [-0.1, -0.05) is 0 Å². The third kappa shape index (κ3) is 2.85. The topological polar surface area (TPSA) is 0 Å². The predicted octanol–water partition coefficient (Wildman–Crippen LogP) is 3.10. The molecule has 0 saturated heterocycles. The van der Waals surface area contributed by atoms with Gasteiger partial charge in [-0.15, -0.1) is 0 Å². The first kappa shape index (κ1) is 13.3. The predicted molar refractivity (Wildman–Crippen MR) is 68.4 cm³/mol. The fourth-order valence-corrected chi connectivity index (χ4v) is 6.37. The number of hydrogen-bond donors (Lipinski definition) is 0. The van der Waals surface area contributed by atoms with Gasteiger partial charge in [0.05, 0.1) is 0 Å². The molecule has 0 amide bonds. The molecule has 0 fully saturated rings. The van der Waals surface area contributed by atoms with Crippen LogP contribution in [0.15, 0.2) is 24.3 Å². The molecule has 0 aromatic heterocycles. The van der Waals surface area contributed by atoms with E-state index in [1.165, 1.54) is 47.9 Å². The molecule has 0 atom stereocenters. The van der Waals surface area contributed by atoms with Crippen molar-refractivity contribution in [1.82, 2.24) is 0 Å². The number of rotatable bonds is 5. The van der Waals surface area contributed by atoms with Gasteiger partial charge in [-0.2, -0.15) is 0 Å². The van der Waals surface area contributed by atoms with E-state index in [0.717, 1.165) is 0 Å². The Morgan fingerprint density at radius 2 is 1.47 bits per heavy atom. The van der Waals surface area contributed by atoms with Crippen molar-refractivity contribution in [3.05, 3.63) is 29.8 Å². The quantitative estimate of drug-likeness (QED) is 0.732. The molecular formula is C13H20SiZr+2. The van der Waals surface area contributed by atoms with Crippen LogP contribution < -0.4 is 5.19 Å². The van der Waals surface area contributed by atoms with Gasteiger partial charge >= 0.3 is 110 Å². The van der Waals surface area contributed by atoms with Gasteiger partial charge in [0.1, 0.15) is 0 Å². The van der Waals surface area contributed by atoms with Crippen molar-refractivity contribution in [3.63, 3.8) is 0 Å². The molecule has 0 bridgehead atoms. The van der Waals surface area contributed by atoms with E-state index in [4.69, 9.17) is 0 Å². The van der Waals surface area contributed by atoms with Crippen molar-refractivity contribution >= 4 is 17.0 Å². The average molecular weight is 296 g/mol. The molecule has 1 aromatic rings. The maximum absolute atomic E-state index is 2.37. The Morgan fingerprint density at radius 1 is 1.00 bits per heavy atom. The minimum absolute atomic E-state index is 1.14. The van der Waals surface area contributed by atoms with E-state index in [-0.39, 0.29) is 0 Å². The third-order valence-electron chi connectivity index (χ3n) is 3.72. The van der Waals surface area contributed by atoms with Gasteiger partial charge in [-0.3, -0.25) is 0 Å². The van der Waals surface area contributed by atoms with Gasteiger partial charge in [-0.05, 0) is 0 Å². The van der Waals surface area contributed by atoms with Crippen LogP contribution in [0.5, 0.6) is 0 Å². The Labute approximate surface area is 109 Å². The molecule has 1 aromatic carbocycles. The van der Waals surface area contributed by atoms with Gasteiger partial charge in [0, 0.05) is 0 Å². The maximum atomic E-state index is 2.37. The summed E-state index contributed by atoms with van der Waals surface area (Å²) in [6, 6.07) is 13.4. The van der Waals surface area contributed by atoms with Crippen LogP contribution in [0.2, 0.25) is 18.1 Å². The Balaban J connectivity index is 3.06. The Hall–Kier alpha value is 0.190. The zero-order valence-corrected chi connectivity index (χ0v) is 13.5. The van der Waals surface area contributed by atoms with Crippen molar-refractivity contribution in [2.24, 2.45) is 0 Å². The van der Waals surface area contributed by atoms with Crippen molar-refractivity contribution in [2.45, 2.75) is 38.9 Å². The Kier molecular flexibility index (Phi) is 5.35. The molecular weight excluding hydrogens is 275 g/mol. The second-order valence-corrected chi connectivity index (χ2v) is 10.1. The molecule has 0 nitrogen and oxygen atoms in total. The first-order valence-electron chi connectivity index (χ1n) is 5.83. The normalized spacial score (nSPS) is 11.5. The Bertz CT molecular complexity index is 304. The summed E-state index contributed by atoms with van der Waals surface area (Å²) in [5.74, 6) is 0. The van der Waals surface area contributed by atoms with Crippen LogP contribution in [-0.2, 0) is 24.2 Å². The SMILES string of the molecule is CC[Si](CC)(CC)c1ccc([CH]=[Zr+2])cc1. The molecule has 0 saturated carbocycles. The molecule has 0 spiro atoms. The van der Waals surface area contributed by atoms with Crippen LogP contribution in [0.3, 0.4) is 0 Å². The van der Waals surface area contributed by atoms with E-state index in [2.05, 4.69) is 48.7 Å². The van der Waals surface area contributed by atoms with Crippen LogP contribution in [0, 0.1) is 0 Å². The molecule has 0 N–H and O–H groups in total. The first-order chi connectivity index (χ1) is 7.22. The zero-order chi connectivity index (χ0) is 11.3. The summed E-state index contributed by atoms with van der Waals surface area (Å²) in [4.78, 5) is 0. The third-order valence-corrected chi connectivity index (χ3v) is 10.2. The number of benzene rings is 1. The van der Waals surface area contributed by atoms with Gasteiger partial charge in [-0.25, -0.2) is 0 Å². The van der Waals surface area contributed by atoms with E-state index < -0.39 is 8.07 Å². The van der Waals surface area contributed by atoms with E-state index in [1.54, 1.807) is 5.19 Å². The first-order valence-corrected chi connectivity index (χ1v) is 9.87. The fraction of sp³-hybridized carbons (Fsp3) is 0.462. The Morgan fingerprint density at radius 3 is 1.80 bits per heavy atom. The summed E-state index contributed by atoms with van der Waals surface area (Å²) in [7, 11) is -1.14. The molecule has 78 valence electrons. The second kappa shape index (κ2) is 6.06. The fourth-order valence-electron chi connectivity index (χ4n) is 2.30. The summed E-state index contributed by atoms with van der Waals surface area (Å²) in [5.41, 5.74) is 1.38. The van der Waals surface area contributed by atoms with Gasteiger partial charge in [0.25, 0.3) is 0 Å². The summed E-state index contributed by atoms with van der Waals surface area (Å²) in [6.07, 6.45) is 0. The molecule has 15 heavy (non-hydrogen) atoms. The van der Waals surface area contributed by atoms with Gasteiger partial charge < -0.3 is 0 Å². The molecule has 2 heteroatoms. The monoisotopic (exact) mass is 294 g/mol. The number of hydrogen-bond acceptors (Lipinski definition) is 0. The molecule has 0 aliphatic carbocycles. The molecule has 0 aliphatic rings. The summed E-state index contributed by atoms with van der Waals surface area (Å²) in [5, 5.41) is 1.65. The van der Waals surface area contributed by atoms with E-state index in [9.17, 15) is 0 Å². The zero-order valence-electron chi connectivity index (χ0n) is 10.0. The van der Waals surface area contributed by atoms with Gasteiger partial charge in [0.15, 0.2) is 0 Å². The standard InChI is InChI=1S/C13H20Si.Zr/c1-5-14(6-2,7-3)13-10-8-12(4)9-11-13;/h4,8-11H,5-7H2,1-3H3;/q;+2. The summed E-state index contributed by atoms with van der Waals surface area (Å²) in [6.45, 7) is 7.09. The van der Waals surface area contributed by atoms with Crippen LogP contribution in [0.25, 0.3) is 0 Å². The van der Waals surface area contributed by atoms with Crippen molar-refractivity contribution in [2.75, 3.05) is 0 Å². The van der Waals surface area contributed by atoms with E-state index >= 15 is 0 Å².